The first-order chi connectivity index (χ1) is 9.42. The van der Waals surface area contributed by atoms with Gasteiger partial charge < -0.3 is 5.11 Å². The van der Waals surface area contributed by atoms with Crippen molar-refractivity contribution in [3.05, 3.63) is 22.3 Å². The van der Waals surface area contributed by atoms with Gasteiger partial charge in [0.05, 0.1) is 0 Å². The third-order valence-electron chi connectivity index (χ3n) is 4.10. The number of rotatable bonds is 3. The monoisotopic (exact) mass is 308 g/mol. The van der Waals surface area contributed by atoms with Crippen molar-refractivity contribution in [2.24, 2.45) is 0 Å². The molecular formula is C19H32OS. The number of aromatic hydroxyl groups is 1. The molecule has 2 heteroatoms. The maximum absolute atomic E-state index is 10.9. The summed E-state index contributed by atoms with van der Waals surface area (Å²) in [5, 5.41) is 10.9. The first-order valence-corrected chi connectivity index (χ1v) is 8.46. The number of hydrogen-bond acceptors (Lipinski definition) is 2. The van der Waals surface area contributed by atoms with E-state index in [1.54, 1.807) is 0 Å². The Morgan fingerprint density at radius 2 is 1.43 bits per heavy atom. The van der Waals surface area contributed by atoms with Gasteiger partial charge in [-0.1, -0.05) is 54.9 Å². The molecule has 1 rings (SSSR count). The number of benzene rings is 1. The van der Waals surface area contributed by atoms with Gasteiger partial charge in [-0.2, -0.15) is 0 Å². The van der Waals surface area contributed by atoms with Gasteiger partial charge in [-0.05, 0) is 41.7 Å². The van der Waals surface area contributed by atoms with Gasteiger partial charge in [0.1, 0.15) is 5.75 Å². The smallest absolute Gasteiger partial charge is 0.124 e. The van der Waals surface area contributed by atoms with E-state index < -0.39 is 0 Å². The van der Waals surface area contributed by atoms with Crippen LogP contribution in [0.5, 0.6) is 5.75 Å². The summed E-state index contributed by atoms with van der Waals surface area (Å²) in [6.45, 7) is 17.3. The number of thiol groups is 1. The molecule has 1 nitrogen and oxygen atoms in total. The number of hydrogen-bond donors (Lipinski definition) is 2. The third-order valence-corrected chi connectivity index (χ3v) is 4.60. The molecule has 0 atom stereocenters. The molecule has 0 unspecified atom stereocenters. The zero-order valence-electron chi connectivity index (χ0n) is 15.0. The molecule has 0 amide bonds. The lowest BCUT2D eigenvalue weighted by molar-refractivity contribution is 0.416. The summed E-state index contributed by atoms with van der Waals surface area (Å²) in [5.41, 5.74) is 4.41. The second-order valence-electron chi connectivity index (χ2n) is 8.15. The molecule has 0 saturated heterocycles. The molecule has 120 valence electrons. The van der Waals surface area contributed by atoms with E-state index in [1.807, 2.05) is 0 Å². The SMILES string of the molecule is CCCCc1c(C)c(C(C)(C)C)c(O)c(C(C)(C)C)c1S. The Bertz CT molecular complexity index is 475. The van der Waals surface area contributed by atoms with Crippen LogP contribution in [0.25, 0.3) is 0 Å². The number of unbranched alkanes of at least 4 members (excludes halogenated alkanes) is 1. The molecule has 1 aromatic rings. The Morgan fingerprint density at radius 3 is 1.81 bits per heavy atom. The Balaban J connectivity index is 3.75. The summed E-state index contributed by atoms with van der Waals surface area (Å²) in [5.74, 6) is 0.442. The first kappa shape index (κ1) is 18.4. The third kappa shape index (κ3) is 3.77. The van der Waals surface area contributed by atoms with E-state index in [0.29, 0.717) is 5.75 Å². The van der Waals surface area contributed by atoms with Gasteiger partial charge in [0.2, 0.25) is 0 Å². The number of phenols is 1. The van der Waals surface area contributed by atoms with Gasteiger partial charge in [0.25, 0.3) is 0 Å². The molecule has 21 heavy (non-hydrogen) atoms. The molecule has 0 aliphatic carbocycles. The minimum absolute atomic E-state index is 0.0728. The van der Waals surface area contributed by atoms with Gasteiger partial charge in [-0.3, -0.25) is 0 Å². The van der Waals surface area contributed by atoms with Crippen LogP contribution in [0.3, 0.4) is 0 Å². The van der Waals surface area contributed by atoms with E-state index in [4.69, 9.17) is 12.6 Å². The highest BCUT2D eigenvalue weighted by Crippen LogP contribution is 2.46. The van der Waals surface area contributed by atoms with Crippen molar-refractivity contribution in [3.8, 4) is 5.75 Å². The molecule has 0 saturated carbocycles. The Morgan fingerprint density at radius 1 is 0.952 bits per heavy atom. The summed E-state index contributed by atoms with van der Waals surface area (Å²) in [4.78, 5) is 0.985. The van der Waals surface area contributed by atoms with Gasteiger partial charge in [-0.25, -0.2) is 0 Å². The molecule has 0 radical (unpaired) electrons. The molecule has 0 aliphatic rings. The summed E-state index contributed by atoms with van der Waals surface area (Å²) in [7, 11) is 0. The summed E-state index contributed by atoms with van der Waals surface area (Å²) in [6.07, 6.45) is 3.36. The lowest BCUT2D eigenvalue weighted by atomic mass is 9.75. The maximum Gasteiger partial charge on any atom is 0.124 e. The van der Waals surface area contributed by atoms with Crippen molar-refractivity contribution < 1.29 is 5.11 Å². The molecule has 0 bridgehead atoms. The summed E-state index contributed by atoms with van der Waals surface area (Å²) in [6, 6.07) is 0. The lowest BCUT2D eigenvalue weighted by Gasteiger charge is -2.32. The van der Waals surface area contributed by atoms with Crippen LogP contribution in [0.15, 0.2) is 4.90 Å². The van der Waals surface area contributed by atoms with Crippen LogP contribution in [-0.4, -0.2) is 5.11 Å². The van der Waals surface area contributed by atoms with E-state index in [9.17, 15) is 5.11 Å². The standard InChI is InChI=1S/C19H32OS/c1-9-10-11-13-12(2)14(18(3,4)5)16(20)15(17(13)21)19(6,7)8/h20-21H,9-11H2,1-8H3. The van der Waals surface area contributed by atoms with Crippen molar-refractivity contribution in [1.29, 1.82) is 0 Å². The molecular weight excluding hydrogens is 276 g/mol. The van der Waals surface area contributed by atoms with Crippen LogP contribution in [0, 0.1) is 6.92 Å². The van der Waals surface area contributed by atoms with Crippen molar-refractivity contribution in [2.45, 2.75) is 90.4 Å². The predicted octanol–water partition coefficient (Wildman–Crippen LogP) is 5.93. The maximum atomic E-state index is 10.9. The second kappa shape index (κ2) is 6.24. The Hall–Kier alpha value is -0.630. The van der Waals surface area contributed by atoms with Gasteiger partial charge in [-0.15, -0.1) is 12.6 Å². The quantitative estimate of drug-likeness (QED) is 0.663. The fourth-order valence-electron chi connectivity index (χ4n) is 3.18. The van der Waals surface area contributed by atoms with E-state index >= 15 is 0 Å². The van der Waals surface area contributed by atoms with E-state index in [2.05, 4.69) is 55.4 Å². The largest absolute Gasteiger partial charge is 0.507 e. The van der Waals surface area contributed by atoms with Crippen LogP contribution < -0.4 is 0 Å². The van der Waals surface area contributed by atoms with Gasteiger partial charge in [0.15, 0.2) is 0 Å². The summed E-state index contributed by atoms with van der Waals surface area (Å²) >= 11 is 4.80. The zero-order valence-corrected chi connectivity index (χ0v) is 15.9. The predicted molar refractivity (Wildman–Crippen MR) is 96.1 cm³/mol. The van der Waals surface area contributed by atoms with Crippen molar-refractivity contribution >= 4 is 12.6 Å². The van der Waals surface area contributed by atoms with E-state index in [1.165, 1.54) is 17.5 Å². The highest BCUT2D eigenvalue weighted by Gasteiger charge is 2.31. The second-order valence-corrected chi connectivity index (χ2v) is 8.60. The van der Waals surface area contributed by atoms with Crippen LogP contribution in [0.4, 0.5) is 0 Å². The average Bonchev–Trinajstić information content (AvgIpc) is 2.24. The fraction of sp³-hybridized carbons (Fsp3) is 0.684. The Kier molecular flexibility index (Phi) is 5.47. The first-order valence-electron chi connectivity index (χ1n) is 8.01. The van der Waals surface area contributed by atoms with Crippen LogP contribution in [-0.2, 0) is 17.3 Å². The van der Waals surface area contributed by atoms with Crippen LogP contribution in [0.1, 0.15) is 83.6 Å². The Labute approximate surface area is 136 Å². The van der Waals surface area contributed by atoms with Crippen molar-refractivity contribution in [2.75, 3.05) is 0 Å². The fourth-order valence-corrected chi connectivity index (χ4v) is 3.90. The van der Waals surface area contributed by atoms with Gasteiger partial charge >= 0.3 is 0 Å². The van der Waals surface area contributed by atoms with E-state index in [-0.39, 0.29) is 10.8 Å². The van der Waals surface area contributed by atoms with Crippen molar-refractivity contribution in [1.82, 2.24) is 0 Å². The molecule has 0 aliphatic heterocycles. The van der Waals surface area contributed by atoms with E-state index in [0.717, 1.165) is 28.9 Å². The highest BCUT2D eigenvalue weighted by molar-refractivity contribution is 7.80. The molecule has 0 fully saturated rings. The minimum Gasteiger partial charge on any atom is -0.507 e. The number of phenolic OH excluding ortho intramolecular Hbond substituents is 1. The zero-order chi connectivity index (χ0) is 16.6. The molecule has 1 N–H and O–H groups in total. The lowest BCUT2D eigenvalue weighted by Crippen LogP contribution is -2.21. The van der Waals surface area contributed by atoms with Crippen LogP contribution in [0.2, 0.25) is 0 Å². The summed E-state index contributed by atoms with van der Waals surface area (Å²) < 4.78 is 0. The van der Waals surface area contributed by atoms with Crippen molar-refractivity contribution in [3.63, 3.8) is 0 Å². The molecule has 0 aromatic heterocycles. The topological polar surface area (TPSA) is 20.2 Å². The molecule has 0 spiro atoms. The highest BCUT2D eigenvalue weighted by atomic mass is 32.1. The average molecular weight is 309 g/mol. The molecule has 0 heterocycles. The normalized spacial score (nSPS) is 12.8. The van der Waals surface area contributed by atoms with Gasteiger partial charge in [0, 0.05) is 16.0 Å². The molecule has 1 aromatic carbocycles. The minimum atomic E-state index is -0.115. The van der Waals surface area contributed by atoms with Crippen LogP contribution >= 0.6 is 12.6 Å².